The number of fused-ring (bicyclic) bond motifs is 1. The summed E-state index contributed by atoms with van der Waals surface area (Å²) in [5.74, 6) is -0.112. The summed E-state index contributed by atoms with van der Waals surface area (Å²) in [6, 6.07) is 18.7. The van der Waals surface area contributed by atoms with Gasteiger partial charge >= 0.3 is 0 Å². The molecule has 0 aliphatic rings. The topological polar surface area (TPSA) is 79.0 Å². The van der Waals surface area contributed by atoms with E-state index in [1.54, 1.807) is 12.1 Å². The lowest BCUT2D eigenvalue weighted by atomic mass is 10.0. The smallest absolute Gasteiger partial charge is 0.255 e. The van der Waals surface area contributed by atoms with Crippen molar-refractivity contribution in [3.63, 3.8) is 0 Å². The van der Waals surface area contributed by atoms with E-state index in [0.717, 1.165) is 22.0 Å². The molecule has 0 fully saturated rings. The van der Waals surface area contributed by atoms with E-state index in [4.69, 9.17) is 11.1 Å². The van der Waals surface area contributed by atoms with Crippen molar-refractivity contribution in [1.29, 1.82) is 5.41 Å². The molecule has 4 nitrogen and oxygen atoms in total. The molecule has 0 bridgehead atoms. The van der Waals surface area contributed by atoms with Crippen LogP contribution in [-0.4, -0.2) is 11.7 Å². The molecule has 0 saturated heterocycles. The molecule has 0 aromatic heterocycles. The highest BCUT2D eigenvalue weighted by atomic mass is 16.1. The number of nitrogens with one attached hydrogen (secondary N) is 2. The van der Waals surface area contributed by atoms with Gasteiger partial charge < -0.3 is 11.1 Å². The van der Waals surface area contributed by atoms with Crippen LogP contribution in [0.4, 0.5) is 5.69 Å². The Morgan fingerprint density at radius 2 is 1.48 bits per heavy atom. The predicted molar refractivity (Wildman–Crippen MR) is 94.1 cm³/mol. The zero-order valence-electron chi connectivity index (χ0n) is 12.8. The van der Waals surface area contributed by atoms with Crippen molar-refractivity contribution >= 4 is 28.2 Å². The third kappa shape index (κ3) is 3.21. The number of amidine groups is 1. The molecule has 114 valence electrons. The maximum absolute atomic E-state index is 12.4. The van der Waals surface area contributed by atoms with E-state index < -0.39 is 0 Å². The predicted octanol–water partition coefficient (Wildman–Crippen LogP) is 3.68. The number of anilines is 1. The number of nitrogens with two attached hydrogens (primary N) is 1. The van der Waals surface area contributed by atoms with Crippen LogP contribution in [0.1, 0.15) is 21.5 Å². The largest absolute Gasteiger partial charge is 0.384 e. The third-order valence-electron chi connectivity index (χ3n) is 3.72. The fraction of sp³-hybridized carbons (Fsp3) is 0.0526. The fourth-order valence-electron chi connectivity index (χ4n) is 2.39. The molecule has 0 heterocycles. The third-order valence-corrected chi connectivity index (χ3v) is 3.72. The van der Waals surface area contributed by atoms with Gasteiger partial charge in [-0.15, -0.1) is 0 Å². The molecule has 0 radical (unpaired) electrons. The van der Waals surface area contributed by atoms with E-state index >= 15 is 0 Å². The minimum Gasteiger partial charge on any atom is -0.384 e. The van der Waals surface area contributed by atoms with Gasteiger partial charge in [0.25, 0.3) is 5.91 Å². The zero-order chi connectivity index (χ0) is 16.4. The summed E-state index contributed by atoms with van der Waals surface area (Å²) in [5.41, 5.74) is 8.68. The van der Waals surface area contributed by atoms with Crippen LogP contribution in [0.15, 0.2) is 60.7 Å². The van der Waals surface area contributed by atoms with E-state index in [2.05, 4.69) is 5.32 Å². The molecule has 4 N–H and O–H groups in total. The standard InChI is InChI=1S/C19H17N3O/c1-12-2-8-17(9-3-12)22-19(23)16-7-5-13-10-15(18(20)21)6-4-14(13)11-16/h2-11H,1H3,(H3,20,21)(H,22,23). The average Bonchev–Trinajstić information content (AvgIpc) is 2.55. The number of carbonyl (C=O) groups is 1. The van der Waals surface area contributed by atoms with Crippen LogP contribution >= 0.6 is 0 Å². The van der Waals surface area contributed by atoms with Gasteiger partial charge in [-0.2, -0.15) is 0 Å². The van der Waals surface area contributed by atoms with Gasteiger partial charge in [0.2, 0.25) is 0 Å². The number of rotatable bonds is 3. The maximum atomic E-state index is 12.4. The molecule has 23 heavy (non-hydrogen) atoms. The van der Waals surface area contributed by atoms with Gasteiger partial charge in [-0.05, 0) is 48.0 Å². The molecule has 1 amide bonds. The Labute approximate surface area is 134 Å². The van der Waals surface area contributed by atoms with Crippen LogP contribution in [0, 0.1) is 12.3 Å². The van der Waals surface area contributed by atoms with Crippen molar-refractivity contribution in [3.8, 4) is 0 Å². The summed E-state index contributed by atoms with van der Waals surface area (Å²) in [6.07, 6.45) is 0. The molecule has 4 heteroatoms. The second-order valence-electron chi connectivity index (χ2n) is 5.51. The number of benzene rings is 3. The lowest BCUT2D eigenvalue weighted by Crippen LogP contribution is -2.12. The fourth-order valence-corrected chi connectivity index (χ4v) is 2.39. The summed E-state index contributed by atoms with van der Waals surface area (Å²) in [6.45, 7) is 2.00. The maximum Gasteiger partial charge on any atom is 0.255 e. The summed E-state index contributed by atoms with van der Waals surface area (Å²) in [7, 11) is 0. The second kappa shape index (κ2) is 5.93. The lowest BCUT2D eigenvalue weighted by Gasteiger charge is -2.07. The minimum atomic E-state index is -0.147. The van der Waals surface area contributed by atoms with Gasteiger partial charge in [0.1, 0.15) is 5.84 Å². The summed E-state index contributed by atoms with van der Waals surface area (Å²) in [4.78, 5) is 12.4. The monoisotopic (exact) mass is 303 g/mol. The van der Waals surface area contributed by atoms with E-state index in [-0.39, 0.29) is 11.7 Å². The van der Waals surface area contributed by atoms with Crippen molar-refractivity contribution in [1.82, 2.24) is 0 Å². The van der Waals surface area contributed by atoms with Crippen molar-refractivity contribution in [2.45, 2.75) is 6.92 Å². The number of hydrogen-bond donors (Lipinski definition) is 3. The van der Waals surface area contributed by atoms with Crippen molar-refractivity contribution in [2.24, 2.45) is 5.73 Å². The van der Waals surface area contributed by atoms with E-state index in [1.165, 1.54) is 0 Å². The summed E-state index contributed by atoms with van der Waals surface area (Å²) in [5, 5.41) is 12.2. The highest BCUT2D eigenvalue weighted by Crippen LogP contribution is 2.19. The van der Waals surface area contributed by atoms with Crippen LogP contribution in [0.3, 0.4) is 0 Å². The van der Waals surface area contributed by atoms with Gasteiger partial charge in [0.15, 0.2) is 0 Å². The number of hydrogen-bond acceptors (Lipinski definition) is 2. The molecule has 3 aromatic rings. The normalized spacial score (nSPS) is 10.5. The zero-order valence-corrected chi connectivity index (χ0v) is 12.8. The van der Waals surface area contributed by atoms with E-state index in [1.807, 2.05) is 55.5 Å². The van der Waals surface area contributed by atoms with Crippen molar-refractivity contribution in [2.75, 3.05) is 5.32 Å². The molecular formula is C19H17N3O. The minimum absolute atomic E-state index is 0.0353. The molecule has 0 aliphatic heterocycles. The van der Waals surface area contributed by atoms with Gasteiger partial charge in [-0.3, -0.25) is 10.2 Å². The van der Waals surface area contributed by atoms with E-state index in [0.29, 0.717) is 11.1 Å². The first-order valence-electron chi connectivity index (χ1n) is 7.29. The Balaban J connectivity index is 1.87. The number of carbonyl (C=O) groups excluding carboxylic acids is 1. The molecular weight excluding hydrogens is 286 g/mol. The molecule has 3 aromatic carbocycles. The molecule has 0 unspecified atom stereocenters. The second-order valence-corrected chi connectivity index (χ2v) is 5.51. The highest BCUT2D eigenvalue weighted by Gasteiger charge is 2.07. The first-order chi connectivity index (χ1) is 11.0. The molecule has 0 saturated carbocycles. The van der Waals surface area contributed by atoms with Crippen LogP contribution in [0.25, 0.3) is 10.8 Å². The van der Waals surface area contributed by atoms with Gasteiger partial charge in [-0.25, -0.2) is 0 Å². The van der Waals surface area contributed by atoms with Crippen molar-refractivity contribution in [3.05, 3.63) is 77.4 Å². The number of aryl methyl sites for hydroxylation is 1. The Bertz CT molecular complexity index is 898. The Morgan fingerprint density at radius 1 is 0.913 bits per heavy atom. The van der Waals surface area contributed by atoms with Gasteiger partial charge in [0.05, 0.1) is 0 Å². The highest BCUT2D eigenvalue weighted by molar-refractivity contribution is 6.07. The first-order valence-corrected chi connectivity index (χ1v) is 7.29. The summed E-state index contributed by atoms with van der Waals surface area (Å²) >= 11 is 0. The molecule has 0 aliphatic carbocycles. The molecule has 3 rings (SSSR count). The van der Waals surface area contributed by atoms with Gasteiger partial charge in [-0.1, -0.05) is 35.9 Å². The Kier molecular flexibility index (Phi) is 3.81. The van der Waals surface area contributed by atoms with Crippen LogP contribution in [0.5, 0.6) is 0 Å². The number of nitrogen functional groups attached to an aromatic ring is 1. The van der Waals surface area contributed by atoms with Crippen LogP contribution < -0.4 is 11.1 Å². The lowest BCUT2D eigenvalue weighted by molar-refractivity contribution is 0.102. The van der Waals surface area contributed by atoms with Crippen LogP contribution in [-0.2, 0) is 0 Å². The first kappa shape index (κ1) is 14.8. The average molecular weight is 303 g/mol. The van der Waals surface area contributed by atoms with E-state index in [9.17, 15) is 4.79 Å². The molecule has 0 atom stereocenters. The van der Waals surface area contributed by atoms with Crippen molar-refractivity contribution < 1.29 is 4.79 Å². The van der Waals surface area contributed by atoms with Gasteiger partial charge in [0, 0.05) is 16.8 Å². The SMILES string of the molecule is Cc1ccc(NC(=O)c2ccc3cc(C(=N)N)ccc3c2)cc1. The molecule has 0 spiro atoms. The Hall–Kier alpha value is -3.14. The summed E-state index contributed by atoms with van der Waals surface area (Å²) < 4.78 is 0. The quantitative estimate of drug-likeness (QED) is 0.509. The Morgan fingerprint density at radius 3 is 2.09 bits per heavy atom. The number of amides is 1. The van der Waals surface area contributed by atoms with Crippen LogP contribution in [0.2, 0.25) is 0 Å².